The number of rotatable bonds is 6. The van der Waals surface area contributed by atoms with E-state index in [2.05, 4.69) is 28.3 Å². The van der Waals surface area contributed by atoms with E-state index in [9.17, 15) is 8.42 Å². The second kappa shape index (κ2) is 8.96. The van der Waals surface area contributed by atoms with Gasteiger partial charge in [-0.25, -0.2) is 8.42 Å². The normalized spacial score (nSPS) is 20.5. The fourth-order valence-electron chi connectivity index (χ4n) is 5.13. The molecule has 3 aromatic carbocycles. The molecule has 5 rings (SSSR count). The van der Waals surface area contributed by atoms with E-state index in [1.165, 1.54) is 0 Å². The fraction of sp³-hybridized carbons (Fsp3) is 0.286. The topological polar surface area (TPSA) is 76.7 Å². The van der Waals surface area contributed by atoms with Crippen LogP contribution in [0.3, 0.4) is 0 Å². The molecule has 0 saturated carbocycles. The lowest BCUT2D eigenvalue weighted by atomic mass is 9.77. The van der Waals surface area contributed by atoms with Crippen LogP contribution >= 0.6 is 0 Å². The number of aryl methyl sites for hydroxylation is 2. The first kappa shape index (κ1) is 23.3. The third-order valence-corrected chi connectivity index (χ3v) is 8.55. The van der Waals surface area contributed by atoms with Crippen molar-refractivity contribution >= 4 is 21.4 Å². The van der Waals surface area contributed by atoms with Crippen LogP contribution in [-0.2, 0) is 10.0 Å². The first-order valence-electron chi connectivity index (χ1n) is 11.7. The molecule has 1 aliphatic carbocycles. The monoisotopic (exact) mass is 490 g/mol. The summed E-state index contributed by atoms with van der Waals surface area (Å²) in [6, 6.07) is 17.0. The second-order valence-electron chi connectivity index (χ2n) is 9.24. The molecule has 7 heteroatoms. The Morgan fingerprint density at radius 3 is 2.46 bits per heavy atom. The van der Waals surface area contributed by atoms with Gasteiger partial charge < -0.3 is 14.8 Å². The Labute approximate surface area is 207 Å². The van der Waals surface area contributed by atoms with E-state index in [1.54, 1.807) is 26.4 Å². The molecule has 0 amide bonds. The van der Waals surface area contributed by atoms with Crippen LogP contribution in [0.5, 0.6) is 11.5 Å². The van der Waals surface area contributed by atoms with Crippen molar-refractivity contribution < 1.29 is 17.9 Å². The van der Waals surface area contributed by atoms with Gasteiger partial charge in [-0.05, 0) is 90.9 Å². The summed E-state index contributed by atoms with van der Waals surface area (Å²) in [7, 11) is -0.453. The van der Waals surface area contributed by atoms with Gasteiger partial charge in [0.25, 0.3) is 10.0 Å². The van der Waals surface area contributed by atoms with Crippen molar-refractivity contribution in [3.63, 3.8) is 0 Å². The molecule has 0 aromatic heterocycles. The summed E-state index contributed by atoms with van der Waals surface area (Å²) in [5.41, 5.74) is 5.79. The Morgan fingerprint density at radius 2 is 1.71 bits per heavy atom. The van der Waals surface area contributed by atoms with Gasteiger partial charge in [-0.15, -0.1) is 0 Å². The predicted molar refractivity (Wildman–Crippen MR) is 139 cm³/mol. The lowest BCUT2D eigenvalue weighted by molar-refractivity contribution is 0.353. The number of benzene rings is 3. The molecule has 1 aliphatic heterocycles. The van der Waals surface area contributed by atoms with Gasteiger partial charge in [0, 0.05) is 17.3 Å². The molecule has 0 spiro atoms. The minimum absolute atomic E-state index is 0.0680. The number of hydrogen-bond acceptors (Lipinski definition) is 5. The summed E-state index contributed by atoms with van der Waals surface area (Å²) in [5, 5.41) is 3.66. The highest BCUT2D eigenvalue weighted by molar-refractivity contribution is 7.92. The summed E-state index contributed by atoms with van der Waals surface area (Å²) >= 11 is 0. The van der Waals surface area contributed by atoms with Crippen LogP contribution in [0, 0.1) is 19.8 Å². The van der Waals surface area contributed by atoms with Gasteiger partial charge in [0.15, 0.2) is 11.5 Å². The van der Waals surface area contributed by atoms with Crippen LogP contribution in [-0.4, -0.2) is 22.6 Å². The van der Waals surface area contributed by atoms with Crippen LogP contribution in [0.15, 0.2) is 71.6 Å². The second-order valence-corrected chi connectivity index (χ2v) is 10.9. The van der Waals surface area contributed by atoms with Crippen LogP contribution in [0.4, 0.5) is 11.4 Å². The van der Waals surface area contributed by atoms with Crippen molar-refractivity contribution in [1.29, 1.82) is 0 Å². The minimum Gasteiger partial charge on any atom is -0.493 e. The molecular formula is C28H30N2O4S. The average molecular weight is 491 g/mol. The zero-order valence-corrected chi connectivity index (χ0v) is 21.1. The van der Waals surface area contributed by atoms with Gasteiger partial charge in [-0.2, -0.15) is 0 Å². The van der Waals surface area contributed by atoms with Gasteiger partial charge in [-0.3, -0.25) is 4.72 Å². The van der Waals surface area contributed by atoms with Crippen LogP contribution in [0.1, 0.15) is 40.6 Å². The highest BCUT2D eigenvalue weighted by Crippen LogP contribution is 2.51. The molecule has 3 aromatic rings. The molecule has 3 atom stereocenters. The molecule has 1 heterocycles. The summed E-state index contributed by atoms with van der Waals surface area (Å²) in [6.45, 7) is 3.98. The number of nitrogens with one attached hydrogen (secondary N) is 2. The highest BCUT2D eigenvalue weighted by Gasteiger charge is 2.38. The Bertz CT molecular complexity index is 1410. The van der Waals surface area contributed by atoms with E-state index in [4.69, 9.17) is 9.47 Å². The number of sulfonamides is 1. The fourth-order valence-corrected chi connectivity index (χ4v) is 6.22. The number of anilines is 2. The van der Waals surface area contributed by atoms with Crippen molar-refractivity contribution in [2.24, 2.45) is 5.92 Å². The zero-order chi connectivity index (χ0) is 24.7. The Kier molecular flexibility index (Phi) is 5.97. The van der Waals surface area contributed by atoms with Crippen LogP contribution in [0.25, 0.3) is 0 Å². The SMILES string of the molecule is COc1ccc([C@H]2Nc3ccc(S(=O)(=O)Nc4ccc(C)c(C)c4)cc3[C@H]3C=CC[C@H]32)cc1OC. The molecule has 0 bridgehead atoms. The standard InChI is InChI=1S/C28H30N2O4S/c1-17-8-10-20(14-18(17)2)30-35(31,32)21-11-12-25-24(16-21)22-6-5-7-23(22)28(29-25)19-9-13-26(33-3)27(15-19)34-4/h5-6,8-16,22-23,28-30H,7H2,1-4H3/t22-,23+,28+/m0/s1. The van der Waals surface area contributed by atoms with E-state index in [-0.39, 0.29) is 22.8 Å². The molecule has 2 aliphatic rings. The van der Waals surface area contributed by atoms with Gasteiger partial charge >= 0.3 is 0 Å². The molecule has 0 saturated heterocycles. The molecular weight excluding hydrogens is 460 g/mol. The van der Waals surface area contributed by atoms with Gasteiger partial charge in [0.1, 0.15) is 0 Å². The average Bonchev–Trinajstić information content (AvgIpc) is 3.35. The van der Waals surface area contributed by atoms with Crippen molar-refractivity contribution in [1.82, 2.24) is 0 Å². The Hall–Kier alpha value is -3.45. The third kappa shape index (κ3) is 4.25. The molecule has 0 radical (unpaired) electrons. The third-order valence-electron chi connectivity index (χ3n) is 7.17. The first-order valence-corrected chi connectivity index (χ1v) is 13.2. The molecule has 35 heavy (non-hydrogen) atoms. The Balaban J connectivity index is 1.47. The van der Waals surface area contributed by atoms with Gasteiger partial charge in [0.05, 0.1) is 25.2 Å². The maximum atomic E-state index is 13.2. The predicted octanol–water partition coefficient (Wildman–Crippen LogP) is 5.95. The molecule has 182 valence electrons. The number of hydrogen-bond donors (Lipinski definition) is 2. The van der Waals surface area contributed by atoms with E-state index in [0.717, 1.165) is 34.4 Å². The molecule has 6 nitrogen and oxygen atoms in total. The zero-order valence-electron chi connectivity index (χ0n) is 20.3. The minimum atomic E-state index is -3.72. The van der Waals surface area contributed by atoms with Crippen LogP contribution < -0.4 is 19.5 Å². The largest absolute Gasteiger partial charge is 0.493 e. The van der Waals surface area contributed by atoms with Gasteiger partial charge in [-0.1, -0.05) is 24.3 Å². The van der Waals surface area contributed by atoms with E-state index in [0.29, 0.717) is 17.2 Å². The number of fused-ring (bicyclic) bond motifs is 3. The van der Waals surface area contributed by atoms with Crippen molar-refractivity contribution in [3.05, 3.63) is 89.0 Å². The maximum Gasteiger partial charge on any atom is 0.261 e. The quantitative estimate of drug-likeness (QED) is 0.418. The summed E-state index contributed by atoms with van der Waals surface area (Å²) in [5.74, 6) is 1.78. The summed E-state index contributed by atoms with van der Waals surface area (Å²) in [6.07, 6.45) is 5.30. The first-order chi connectivity index (χ1) is 16.8. The number of methoxy groups -OCH3 is 2. The van der Waals surface area contributed by atoms with Crippen molar-refractivity contribution in [3.8, 4) is 11.5 Å². The van der Waals surface area contributed by atoms with E-state index in [1.807, 2.05) is 50.2 Å². The maximum absolute atomic E-state index is 13.2. The molecule has 2 N–H and O–H groups in total. The van der Waals surface area contributed by atoms with Crippen molar-refractivity contribution in [2.45, 2.75) is 37.1 Å². The lowest BCUT2D eigenvalue weighted by Crippen LogP contribution is -2.29. The van der Waals surface area contributed by atoms with E-state index < -0.39 is 10.0 Å². The number of allylic oxidation sites excluding steroid dienone is 2. The summed E-state index contributed by atoms with van der Waals surface area (Å²) < 4.78 is 40.1. The molecule has 0 fully saturated rings. The Morgan fingerprint density at radius 1 is 0.914 bits per heavy atom. The number of ether oxygens (including phenoxy) is 2. The van der Waals surface area contributed by atoms with E-state index >= 15 is 0 Å². The smallest absolute Gasteiger partial charge is 0.261 e. The lowest BCUT2D eigenvalue weighted by Gasteiger charge is -2.38. The van der Waals surface area contributed by atoms with Crippen molar-refractivity contribution in [2.75, 3.05) is 24.3 Å². The molecule has 0 unspecified atom stereocenters. The van der Waals surface area contributed by atoms with Gasteiger partial charge in [0.2, 0.25) is 0 Å². The van der Waals surface area contributed by atoms with Crippen LogP contribution in [0.2, 0.25) is 0 Å². The highest BCUT2D eigenvalue weighted by atomic mass is 32.2. The summed E-state index contributed by atoms with van der Waals surface area (Å²) in [4.78, 5) is 0.264.